The first-order valence-corrected chi connectivity index (χ1v) is 3.94. The first-order valence-electron chi connectivity index (χ1n) is 3.94. The van der Waals surface area contributed by atoms with Crippen LogP contribution in [0.2, 0.25) is 0 Å². The third-order valence-corrected chi connectivity index (χ3v) is 1.21. The van der Waals surface area contributed by atoms with Crippen LogP contribution < -0.4 is 0 Å². The minimum Gasteiger partial charge on any atom is -0.481 e. The molecule has 1 unspecified atom stereocenters. The number of carbonyl (C=O) groups is 3. The van der Waals surface area contributed by atoms with Crippen molar-refractivity contribution in [3.8, 4) is 0 Å². The van der Waals surface area contributed by atoms with Crippen molar-refractivity contribution >= 4 is 17.9 Å². The number of carbonyl (C=O) groups excluding carboxylic acids is 2. The van der Waals surface area contributed by atoms with E-state index in [0.717, 1.165) is 6.92 Å². The molecule has 0 rings (SSSR count). The molecule has 6 nitrogen and oxygen atoms in total. The number of esters is 2. The number of ether oxygens (including phenoxy) is 2. The number of hydrogen-bond donors (Lipinski definition) is 1. The van der Waals surface area contributed by atoms with Gasteiger partial charge in [-0.2, -0.15) is 0 Å². The van der Waals surface area contributed by atoms with Gasteiger partial charge in [0.05, 0.1) is 6.42 Å². The summed E-state index contributed by atoms with van der Waals surface area (Å²) in [6, 6.07) is 0. The van der Waals surface area contributed by atoms with Gasteiger partial charge in [-0.1, -0.05) is 0 Å². The summed E-state index contributed by atoms with van der Waals surface area (Å²) in [6.07, 6.45) is -1.30. The van der Waals surface area contributed by atoms with Crippen LogP contribution in [0, 0.1) is 0 Å². The lowest BCUT2D eigenvalue weighted by Gasteiger charge is -2.14. The van der Waals surface area contributed by atoms with Crippen molar-refractivity contribution in [3.05, 3.63) is 0 Å². The molecule has 1 N–H and O–H groups in total. The van der Waals surface area contributed by atoms with Gasteiger partial charge in [0.25, 0.3) is 0 Å². The Morgan fingerprint density at radius 3 is 2.14 bits per heavy atom. The van der Waals surface area contributed by atoms with Gasteiger partial charge in [-0.3, -0.25) is 14.4 Å². The lowest BCUT2D eigenvalue weighted by molar-refractivity contribution is -0.160. The van der Waals surface area contributed by atoms with Gasteiger partial charge in [0, 0.05) is 13.8 Å². The van der Waals surface area contributed by atoms with Gasteiger partial charge in [-0.05, 0) is 0 Å². The van der Waals surface area contributed by atoms with Crippen LogP contribution in [0.15, 0.2) is 0 Å². The van der Waals surface area contributed by atoms with Gasteiger partial charge in [-0.25, -0.2) is 0 Å². The van der Waals surface area contributed by atoms with Gasteiger partial charge in [0.1, 0.15) is 12.7 Å². The molecule has 0 bridgehead atoms. The zero-order chi connectivity index (χ0) is 11.1. The molecule has 0 radical (unpaired) electrons. The van der Waals surface area contributed by atoms with E-state index in [1.54, 1.807) is 0 Å². The van der Waals surface area contributed by atoms with E-state index in [1.165, 1.54) is 6.92 Å². The standard InChI is InChI=1S/C8H12O6/c1-5(9)13-4-7(3-8(11)12)14-6(2)10/h7H,3-4H2,1-2H3,(H,11,12). The molecule has 0 aromatic heterocycles. The van der Waals surface area contributed by atoms with E-state index in [0.29, 0.717) is 0 Å². The van der Waals surface area contributed by atoms with Crippen molar-refractivity contribution in [1.82, 2.24) is 0 Å². The van der Waals surface area contributed by atoms with Crippen molar-refractivity contribution in [2.45, 2.75) is 26.4 Å². The summed E-state index contributed by atoms with van der Waals surface area (Å²) in [5.74, 6) is -2.28. The number of carboxylic acids is 1. The molecule has 0 aliphatic carbocycles. The summed E-state index contributed by atoms with van der Waals surface area (Å²) >= 11 is 0. The second kappa shape index (κ2) is 5.95. The molecular formula is C8H12O6. The lowest BCUT2D eigenvalue weighted by atomic mass is 10.3. The molecular weight excluding hydrogens is 192 g/mol. The molecule has 0 saturated carbocycles. The van der Waals surface area contributed by atoms with E-state index in [4.69, 9.17) is 5.11 Å². The van der Waals surface area contributed by atoms with Crippen LogP contribution in [-0.4, -0.2) is 35.7 Å². The minimum atomic E-state index is -1.12. The molecule has 0 aromatic rings. The van der Waals surface area contributed by atoms with Crippen LogP contribution >= 0.6 is 0 Å². The Balaban J connectivity index is 4.03. The summed E-state index contributed by atoms with van der Waals surface area (Å²) in [4.78, 5) is 31.2. The second-order valence-corrected chi connectivity index (χ2v) is 2.63. The monoisotopic (exact) mass is 204 g/mol. The Morgan fingerprint density at radius 2 is 1.79 bits per heavy atom. The normalized spacial score (nSPS) is 11.6. The third-order valence-electron chi connectivity index (χ3n) is 1.21. The average molecular weight is 204 g/mol. The maximum atomic E-state index is 10.5. The maximum Gasteiger partial charge on any atom is 0.307 e. The number of carboxylic acid groups (broad SMARTS) is 1. The van der Waals surface area contributed by atoms with E-state index in [2.05, 4.69) is 9.47 Å². The highest BCUT2D eigenvalue weighted by molar-refractivity contribution is 5.70. The molecule has 0 aliphatic rings. The molecule has 0 amide bonds. The number of hydrogen-bond acceptors (Lipinski definition) is 5. The van der Waals surface area contributed by atoms with Gasteiger partial charge in [0.2, 0.25) is 0 Å². The van der Waals surface area contributed by atoms with E-state index < -0.39 is 24.0 Å². The quantitative estimate of drug-likeness (QED) is 0.632. The Hall–Kier alpha value is -1.59. The van der Waals surface area contributed by atoms with Crippen LogP contribution in [-0.2, 0) is 23.9 Å². The van der Waals surface area contributed by atoms with Gasteiger partial charge >= 0.3 is 17.9 Å². The number of rotatable bonds is 5. The highest BCUT2D eigenvalue weighted by Crippen LogP contribution is 2.00. The van der Waals surface area contributed by atoms with Crippen LogP contribution in [0.3, 0.4) is 0 Å². The Bertz CT molecular complexity index is 218. The first-order chi connectivity index (χ1) is 6.41. The molecule has 0 fully saturated rings. The molecule has 0 saturated heterocycles. The Morgan fingerprint density at radius 1 is 1.21 bits per heavy atom. The summed E-state index contributed by atoms with van der Waals surface area (Å²) in [6.45, 7) is 2.11. The van der Waals surface area contributed by atoms with Crippen LogP contribution in [0.25, 0.3) is 0 Å². The van der Waals surface area contributed by atoms with Gasteiger partial charge < -0.3 is 14.6 Å². The molecule has 0 heterocycles. The number of aliphatic carboxylic acids is 1. The molecule has 0 spiro atoms. The summed E-state index contributed by atoms with van der Waals surface area (Å²) in [5.41, 5.74) is 0. The van der Waals surface area contributed by atoms with E-state index >= 15 is 0 Å². The fourth-order valence-corrected chi connectivity index (χ4v) is 0.774. The SMILES string of the molecule is CC(=O)OCC(CC(=O)O)OC(C)=O. The van der Waals surface area contributed by atoms with E-state index in [-0.39, 0.29) is 13.0 Å². The highest BCUT2D eigenvalue weighted by Gasteiger charge is 2.17. The summed E-state index contributed by atoms with van der Waals surface area (Å²) in [7, 11) is 0. The molecule has 6 heteroatoms. The topological polar surface area (TPSA) is 89.9 Å². The summed E-state index contributed by atoms with van der Waals surface area (Å²) < 4.78 is 9.14. The summed E-state index contributed by atoms with van der Waals surface area (Å²) in [5, 5.41) is 8.43. The predicted molar refractivity (Wildman–Crippen MR) is 44.4 cm³/mol. The lowest BCUT2D eigenvalue weighted by Crippen LogP contribution is -2.26. The van der Waals surface area contributed by atoms with E-state index in [1.807, 2.05) is 0 Å². The molecule has 0 aliphatic heterocycles. The Labute approximate surface area is 80.8 Å². The fourth-order valence-electron chi connectivity index (χ4n) is 0.774. The first kappa shape index (κ1) is 12.4. The predicted octanol–water partition coefficient (Wildman–Crippen LogP) is -0.0441. The van der Waals surface area contributed by atoms with Crippen LogP contribution in [0.5, 0.6) is 0 Å². The molecule has 80 valence electrons. The van der Waals surface area contributed by atoms with Crippen molar-refractivity contribution in [3.63, 3.8) is 0 Å². The molecule has 0 aromatic carbocycles. The zero-order valence-electron chi connectivity index (χ0n) is 7.98. The third kappa shape index (κ3) is 7.08. The zero-order valence-corrected chi connectivity index (χ0v) is 7.98. The van der Waals surface area contributed by atoms with Crippen molar-refractivity contribution in [2.75, 3.05) is 6.61 Å². The van der Waals surface area contributed by atoms with Crippen molar-refractivity contribution in [1.29, 1.82) is 0 Å². The largest absolute Gasteiger partial charge is 0.481 e. The molecule has 14 heavy (non-hydrogen) atoms. The Kier molecular flexibility index (Phi) is 5.28. The second-order valence-electron chi connectivity index (χ2n) is 2.63. The van der Waals surface area contributed by atoms with Crippen molar-refractivity contribution < 1.29 is 29.0 Å². The minimum absolute atomic E-state index is 0.235. The molecule has 1 atom stereocenters. The van der Waals surface area contributed by atoms with Gasteiger partial charge in [0.15, 0.2) is 0 Å². The van der Waals surface area contributed by atoms with Crippen molar-refractivity contribution in [2.24, 2.45) is 0 Å². The highest BCUT2D eigenvalue weighted by atomic mass is 16.6. The fraction of sp³-hybridized carbons (Fsp3) is 0.625. The van der Waals surface area contributed by atoms with E-state index in [9.17, 15) is 14.4 Å². The maximum absolute atomic E-state index is 10.5. The van der Waals surface area contributed by atoms with Crippen LogP contribution in [0.4, 0.5) is 0 Å². The average Bonchev–Trinajstić information content (AvgIpc) is 1.97. The van der Waals surface area contributed by atoms with Crippen LogP contribution in [0.1, 0.15) is 20.3 Å². The van der Waals surface area contributed by atoms with Gasteiger partial charge in [-0.15, -0.1) is 0 Å². The smallest absolute Gasteiger partial charge is 0.307 e.